The number of ether oxygens (including phenoxy) is 1. The number of hydrogen-bond donors (Lipinski definition) is 3. The number of amides is 2. The maximum absolute atomic E-state index is 12.8. The van der Waals surface area contributed by atoms with Gasteiger partial charge in [-0.3, -0.25) is 9.59 Å². The van der Waals surface area contributed by atoms with Gasteiger partial charge in [-0.25, -0.2) is 0 Å². The molecule has 1 fully saturated rings. The van der Waals surface area contributed by atoms with Gasteiger partial charge in [0.2, 0.25) is 5.91 Å². The molecule has 0 saturated carbocycles. The van der Waals surface area contributed by atoms with Gasteiger partial charge >= 0.3 is 0 Å². The average Bonchev–Trinajstić information content (AvgIpc) is 2.68. The Morgan fingerprint density at radius 3 is 2.54 bits per heavy atom. The van der Waals surface area contributed by atoms with E-state index in [4.69, 9.17) is 16.3 Å². The van der Waals surface area contributed by atoms with Crippen LogP contribution in [0.4, 0.5) is 0 Å². The van der Waals surface area contributed by atoms with Crippen molar-refractivity contribution in [3.8, 4) is 5.75 Å². The van der Waals surface area contributed by atoms with E-state index >= 15 is 0 Å². The summed E-state index contributed by atoms with van der Waals surface area (Å²) < 4.78 is 5.26. The molecule has 0 atom stereocenters. The van der Waals surface area contributed by atoms with E-state index in [1.807, 2.05) is 24.3 Å². The van der Waals surface area contributed by atoms with Crippen LogP contribution in [0.2, 0.25) is 5.02 Å². The number of halogens is 1. The molecule has 0 aliphatic carbocycles. The van der Waals surface area contributed by atoms with Crippen LogP contribution in [0.1, 0.15) is 15.9 Å². The number of carbonyl (C=O) groups is 2. The summed E-state index contributed by atoms with van der Waals surface area (Å²) in [5.41, 5.74) is 1.01. The Bertz CT molecular complexity index is 852. The number of benzene rings is 2. The second-order valence-electron chi connectivity index (χ2n) is 6.90. The Morgan fingerprint density at radius 2 is 1.86 bits per heavy atom. The van der Waals surface area contributed by atoms with Crippen LogP contribution in [-0.2, 0) is 11.2 Å². The summed E-state index contributed by atoms with van der Waals surface area (Å²) in [6, 6.07) is 14.6. The van der Waals surface area contributed by atoms with Crippen molar-refractivity contribution in [2.75, 3.05) is 33.3 Å². The van der Waals surface area contributed by atoms with E-state index in [-0.39, 0.29) is 11.8 Å². The minimum Gasteiger partial charge on any atom is -0.497 e. The Balaban J connectivity index is 1.50. The maximum Gasteiger partial charge on any atom is 0.252 e. The van der Waals surface area contributed by atoms with E-state index in [2.05, 4.69) is 16.0 Å². The first-order chi connectivity index (χ1) is 13.5. The summed E-state index contributed by atoms with van der Waals surface area (Å²) in [7, 11) is 1.63. The first-order valence-electron chi connectivity index (χ1n) is 9.19. The number of methoxy groups -OCH3 is 1. The quantitative estimate of drug-likeness (QED) is 0.591. The molecule has 1 aliphatic heterocycles. The summed E-state index contributed by atoms with van der Waals surface area (Å²) in [4.78, 5) is 24.9. The zero-order valence-corrected chi connectivity index (χ0v) is 16.5. The molecule has 28 heavy (non-hydrogen) atoms. The fraction of sp³-hybridized carbons (Fsp3) is 0.333. The lowest BCUT2D eigenvalue weighted by molar-refractivity contribution is -0.133. The molecule has 1 heterocycles. The SMILES string of the molecule is COc1cccc(CC2(C(=O)NCCNC(=O)c3ccccc3Cl)CNC2)c1. The minimum atomic E-state index is -0.473. The molecule has 0 spiro atoms. The fourth-order valence-electron chi connectivity index (χ4n) is 3.25. The Kier molecular flexibility index (Phi) is 6.54. The van der Waals surface area contributed by atoms with Crippen LogP contribution in [0.3, 0.4) is 0 Å². The summed E-state index contributed by atoms with van der Waals surface area (Å²) in [5, 5.41) is 9.31. The lowest BCUT2D eigenvalue weighted by atomic mass is 9.75. The van der Waals surface area contributed by atoms with Gasteiger partial charge in [0.05, 0.1) is 23.1 Å². The zero-order valence-electron chi connectivity index (χ0n) is 15.8. The molecule has 7 heteroatoms. The van der Waals surface area contributed by atoms with Crippen LogP contribution in [0.5, 0.6) is 5.75 Å². The predicted octanol–water partition coefficient (Wildman–Crippen LogP) is 2.03. The second-order valence-corrected chi connectivity index (χ2v) is 7.31. The van der Waals surface area contributed by atoms with E-state index in [1.54, 1.807) is 31.4 Å². The highest BCUT2D eigenvalue weighted by atomic mass is 35.5. The lowest BCUT2D eigenvalue weighted by Gasteiger charge is -2.41. The lowest BCUT2D eigenvalue weighted by Crippen LogP contribution is -2.63. The number of rotatable bonds is 8. The topological polar surface area (TPSA) is 79.5 Å². The van der Waals surface area contributed by atoms with Crippen LogP contribution in [-0.4, -0.2) is 45.1 Å². The van der Waals surface area contributed by atoms with E-state index in [0.29, 0.717) is 43.2 Å². The normalized spacial score (nSPS) is 14.6. The molecule has 6 nitrogen and oxygen atoms in total. The standard InChI is InChI=1S/C21H24ClN3O3/c1-28-16-6-4-5-15(11-16)12-21(13-23-14-21)20(27)25-10-9-24-19(26)17-7-2-3-8-18(17)22/h2-8,11,23H,9-10,12-14H2,1H3,(H,24,26)(H,25,27). The highest BCUT2D eigenvalue weighted by molar-refractivity contribution is 6.33. The van der Waals surface area contributed by atoms with Crippen molar-refractivity contribution in [1.29, 1.82) is 0 Å². The Hall–Kier alpha value is -2.57. The number of hydrogen-bond acceptors (Lipinski definition) is 4. The smallest absolute Gasteiger partial charge is 0.252 e. The molecule has 3 N–H and O–H groups in total. The summed E-state index contributed by atoms with van der Waals surface area (Å²) >= 11 is 6.02. The molecule has 2 aromatic carbocycles. The van der Waals surface area contributed by atoms with Gasteiger partial charge in [0.15, 0.2) is 0 Å². The van der Waals surface area contributed by atoms with Gasteiger partial charge in [0.1, 0.15) is 5.75 Å². The molecule has 2 amide bonds. The molecular weight excluding hydrogens is 378 g/mol. The van der Waals surface area contributed by atoms with Crippen molar-refractivity contribution in [2.45, 2.75) is 6.42 Å². The van der Waals surface area contributed by atoms with Crippen LogP contribution in [0, 0.1) is 5.41 Å². The second kappa shape index (κ2) is 9.08. The van der Waals surface area contributed by atoms with Gasteiger partial charge in [-0.05, 0) is 36.2 Å². The van der Waals surface area contributed by atoms with E-state index in [9.17, 15) is 9.59 Å². The molecule has 1 saturated heterocycles. The van der Waals surface area contributed by atoms with Gasteiger partial charge in [0, 0.05) is 26.2 Å². The third-order valence-electron chi connectivity index (χ3n) is 4.90. The molecular formula is C21H24ClN3O3. The van der Waals surface area contributed by atoms with Crippen molar-refractivity contribution in [2.24, 2.45) is 5.41 Å². The Morgan fingerprint density at radius 1 is 1.11 bits per heavy atom. The molecule has 0 unspecified atom stereocenters. The average molecular weight is 402 g/mol. The number of carbonyl (C=O) groups excluding carboxylic acids is 2. The highest BCUT2D eigenvalue weighted by Gasteiger charge is 2.44. The largest absolute Gasteiger partial charge is 0.497 e. The van der Waals surface area contributed by atoms with Gasteiger partial charge in [-0.15, -0.1) is 0 Å². The molecule has 0 aromatic heterocycles. The van der Waals surface area contributed by atoms with Gasteiger partial charge < -0.3 is 20.7 Å². The van der Waals surface area contributed by atoms with Crippen molar-refractivity contribution < 1.29 is 14.3 Å². The van der Waals surface area contributed by atoms with Crippen molar-refractivity contribution >= 4 is 23.4 Å². The molecule has 1 aliphatic rings. The van der Waals surface area contributed by atoms with E-state index < -0.39 is 5.41 Å². The first-order valence-corrected chi connectivity index (χ1v) is 9.56. The molecule has 0 bridgehead atoms. The van der Waals surface area contributed by atoms with Gasteiger partial charge in [0.25, 0.3) is 5.91 Å². The third-order valence-corrected chi connectivity index (χ3v) is 5.23. The minimum absolute atomic E-state index is 0.0129. The van der Waals surface area contributed by atoms with Crippen LogP contribution >= 0.6 is 11.6 Å². The molecule has 148 valence electrons. The van der Waals surface area contributed by atoms with E-state index in [0.717, 1.165) is 11.3 Å². The maximum atomic E-state index is 12.8. The van der Waals surface area contributed by atoms with Crippen molar-refractivity contribution in [3.05, 3.63) is 64.7 Å². The first kappa shape index (κ1) is 20.2. The van der Waals surface area contributed by atoms with E-state index in [1.165, 1.54) is 0 Å². The predicted molar refractivity (Wildman–Crippen MR) is 109 cm³/mol. The van der Waals surface area contributed by atoms with Gasteiger partial charge in [-0.2, -0.15) is 0 Å². The molecule has 2 aromatic rings. The summed E-state index contributed by atoms with van der Waals surface area (Å²) in [6.07, 6.45) is 0.634. The molecule has 0 radical (unpaired) electrons. The third kappa shape index (κ3) is 4.64. The van der Waals surface area contributed by atoms with Gasteiger partial charge in [-0.1, -0.05) is 35.9 Å². The van der Waals surface area contributed by atoms with Crippen molar-refractivity contribution in [3.63, 3.8) is 0 Å². The summed E-state index contributed by atoms with van der Waals surface area (Å²) in [6.45, 7) is 1.94. The Labute approximate surface area is 169 Å². The zero-order chi connectivity index (χ0) is 20.0. The summed E-state index contributed by atoms with van der Waals surface area (Å²) in [5.74, 6) is 0.514. The number of nitrogens with one attached hydrogen (secondary N) is 3. The van der Waals surface area contributed by atoms with Crippen LogP contribution in [0.15, 0.2) is 48.5 Å². The van der Waals surface area contributed by atoms with Crippen LogP contribution in [0.25, 0.3) is 0 Å². The fourth-order valence-corrected chi connectivity index (χ4v) is 3.47. The molecule has 3 rings (SSSR count). The monoisotopic (exact) mass is 401 g/mol. The van der Waals surface area contributed by atoms with Crippen LogP contribution < -0.4 is 20.7 Å². The highest BCUT2D eigenvalue weighted by Crippen LogP contribution is 2.29. The van der Waals surface area contributed by atoms with Crippen molar-refractivity contribution in [1.82, 2.24) is 16.0 Å².